The van der Waals surface area contributed by atoms with Gasteiger partial charge in [-0.15, -0.1) is 6.58 Å². The predicted molar refractivity (Wildman–Crippen MR) is 65.9 cm³/mol. The number of aliphatic hydroxyl groups excluding tert-OH is 1. The normalized spacial score (nSPS) is 55.0. The fourth-order valence-electron chi connectivity index (χ4n) is 5.04. The molecule has 0 heterocycles. The lowest BCUT2D eigenvalue weighted by Crippen LogP contribution is -2.39. The number of aliphatic hydroxyl groups is 1. The Bertz CT molecular complexity index is 285. The van der Waals surface area contributed by atoms with E-state index in [0.29, 0.717) is 5.92 Å². The van der Waals surface area contributed by atoms with Crippen LogP contribution in [0, 0.1) is 35.5 Å². The average Bonchev–Trinajstić information content (AvgIpc) is 2.78. The van der Waals surface area contributed by atoms with Crippen LogP contribution in [0.4, 0.5) is 0 Å². The van der Waals surface area contributed by atoms with E-state index in [-0.39, 0.29) is 6.10 Å². The van der Waals surface area contributed by atoms with Gasteiger partial charge in [0.05, 0.1) is 6.10 Å². The molecule has 0 aromatic heterocycles. The first-order valence-electron chi connectivity index (χ1n) is 6.99. The molecule has 0 aromatic carbocycles. The number of allylic oxidation sites excluding steroid dienone is 1. The van der Waals surface area contributed by atoms with E-state index in [1.165, 1.54) is 25.7 Å². The average molecular weight is 220 g/mol. The third-order valence-electron chi connectivity index (χ3n) is 5.78. The first-order chi connectivity index (χ1) is 7.70. The lowest BCUT2D eigenvalue weighted by atomic mass is 9.64. The quantitative estimate of drug-likeness (QED) is 0.708. The number of fused-ring (bicyclic) bond motifs is 5. The zero-order valence-electron chi connectivity index (χ0n) is 10.3. The maximum atomic E-state index is 10.0. The van der Waals surface area contributed by atoms with E-state index >= 15 is 0 Å². The lowest BCUT2D eigenvalue weighted by Gasteiger charge is -2.43. The fraction of sp³-hybridized carbons (Fsp3) is 0.867. The molecule has 0 aromatic rings. The van der Waals surface area contributed by atoms with Gasteiger partial charge in [-0.05, 0) is 67.6 Å². The summed E-state index contributed by atoms with van der Waals surface area (Å²) in [7, 11) is 0. The Morgan fingerprint density at radius 2 is 1.94 bits per heavy atom. The molecule has 3 rings (SSSR count). The number of hydrogen-bond donors (Lipinski definition) is 1. The van der Waals surface area contributed by atoms with Crippen LogP contribution in [0.5, 0.6) is 0 Å². The molecule has 7 atom stereocenters. The molecule has 0 aliphatic heterocycles. The SMILES string of the molecule is C=CCC1CC2CC1C1CC(O)C(C)CC21. The third-order valence-corrected chi connectivity index (χ3v) is 5.78. The minimum absolute atomic E-state index is 0.0232. The summed E-state index contributed by atoms with van der Waals surface area (Å²) in [4.78, 5) is 0. The van der Waals surface area contributed by atoms with Crippen LogP contribution in [0.1, 0.15) is 39.0 Å². The molecule has 0 spiro atoms. The van der Waals surface area contributed by atoms with Crippen LogP contribution in [-0.2, 0) is 0 Å². The monoisotopic (exact) mass is 220 g/mol. The Hall–Kier alpha value is -0.300. The minimum atomic E-state index is -0.0232. The molecule has 3 aliphatic rings. The second-order valence-electron chi connectivity index (χ2n) is 6.52. The summed E-state index contributed by atoms with van der Waals surface area (Å²) >= 11 is 0. The Kier molecular flexibility index (Phi) is 2.62. The zero-order chi connectivity index (χ0) is 11.3. The van der Waals surface area contributed by atoms with E-state index in [9.17, 15) is 5.11 Å². The molecule has 0 saturated heterocycles. The highest BCUT2D eigenvalue weighted by Gasteiger charge is 2.54. The molecular weight excluding hydrogens is 196 g/mol. The van der Waals surface area contributed by atoms with E-state index in [1.54, 1.807) is 0 Å². The van der Waals surface area contributed by atoms with Crippen LogP contribution >= 0.6 is 0 Å². The number of rotatable bonds is 2. The molecule has 1 N–H and O–H groups in total. The summed E-state index contributed by atoms with van der Waals surface area (Å²) in [6.07, 6.45) is 8.55. The first-order valence-corrected chi connectivity index (χ1v) is 6.99. The first kappa shape index (κ1) is 10.8. The van der Waals surface area contributed by atoms with E-state index in [2.05, 4.69) is 19.6 Å². The molecular formula is C15H24O. The smallest absolute Gasteiger partial charge is 0.0568 e. The molecule has 0 amide bonds. The minimum Gasteiger partial charge on any atom is -0.393 e. The molecule has 90 valence electrons. The Morgan fingerprint density at radius 3 is 2.69 bits per heavy atom. The van der Waals surface area contributed by atoms with Crippen molar-refractivity contribution in [2.45, 2.75) is 45.1 Å². The van der Waals surface area contributed by atoms with Crippen LogP contribution in [0.25, 0.3) is 0 Å². The van der Waals surface area contributed by atoms with Gasteiger partial charge in [0.2, 0.25) is 0 Å². The summed E-state index contributed by atoms with van der Waals surface area (Å²) in [6, 6.07) is 0. The maximum Gasteiger partial charge on any atom is 0.0568 e. The van der Waals surface area contributed by atoms with Crippen molar-refractivity contribution in [1.29, 1.82) is 0 Å². The van der Waals surface area contributed by atoms with Crippen LogP contribution in [-0.4, -0.2) is 11.2 Å². The predicted octanol–water partition coefficient (Wildman–Crippen LogP) is 3.24. The highest BCUT2D eigenvalue weighted by Crippen LogP contribution is 2.61. The highest BCUT2D eigenvalue weighted by molar-refractivity contribution is 5.04. The van der Waals surface area contributed by atoms with Gasteiger partial charge in [0.25, 0.3) is 0 Å². The summed E-state index contributed by atoms with van der Waals surface area (Å²) in [6.45, 7) is 6.12. The van der Waals surface area contributed by atoms with Gasteiger partial charge >= 0.3 is 0 Å². The van der Waals surface area contributed by atoms with Crippen LogP contribution in [0.15, 0.2) is 12.7 Å². The van der Waals surface area contributed by atoms with Crippen LogP contribution in [0.2, 0.25) is 0 Å². The standard InChI is InChI=1S/C15H24O/c1-3-4-10-6-11-7-13(10)14-8-15(16)9(2)5-12(11)14/h3,9-16H,1,4-8H2,2H3. The van der Waals surface area contributed by atoms with Crippen molar-refractivity contribution < 1.29 is 5.11 Å². The van der Waals surface area contributed by atoms with E-state index in [4.69, 9.17) is 0 Å². The largest absolute Gasteiger partial charge is 0.393 e. The van der Waals surface area contributed by atoms with Crippen LogP contribution < -0.4 is 0 Å². The van der Waals surface area contributed by atoms with Crippen molar-refractivity contribution in [3.05, 3.63) is 12.7 Å². The summed E-state index contributed by atoms with van der Waals surface area (Å²) in [5.41, 5.74) is 0. The zero-order valence-corrected chi connectivity index (χ0v) is 10.3. The molecule has 1 heteroatoms. The van der Waals surface area contributed by atoms with E-state index < -0.39 is 0 Å². The van der Waals surface area contributed by atoms with Crippen molar-refractivity contribution in [3.8, 4) is 0 Å². The van der Waals surface area contributed by atoms with Gasteiger partial charge < -0.3 is 5.11 Å². The van der Waals surface area contributed by atoms with Crippen LogP contribution in [0.3, 0.4) is 0 Å². The third kappa shape index (κ3) is 1.48. The van der Waals surface area contributed by atoms with Crippen molar-refractivity contribution >= 4 is 0 Å². The van der Waals surface area contributed by atoms with Gasteiger partial charge in [-0.1, -0.05) is 13.0 Å². The highest BCUT2D eigenvalue weighted by atomic mass is 16.3. The van der Waals surface area contributed by atoms with Gasteiger partial charge in [-0.3, -0.25) is 0 Å². The van der Waals surface area contributed by atoms with Gasteiger partial charge in [0.1, 0.15) is 0 Å². The molecule has 3 fully saturated rings. The van der Waals surface area contributed by atoms with Crippen molar-refractivity contribution in [2.75, 3.05) is 0 Å². The van der Waals surface area contributed by atoms with Gasteiger partial charge in [0.15, 0.2) is 0 Å². The molecule has 3 aliphatic carbocycles. The van der Waals surface area contributed by atoms with Gasteiger partial charge in [-0.25, -0.2) is 0 Å². The fourth-order valence-corrected chi connectivity index (χ4v) is 5.04. The molecule has 3 saturated carbocycles. The van der Waals surface area contributed by atoms with Crippen molar-refractivity contribution in [3.63, 3.8) is 0 Å². The van der Waals surface area contributed by atoms with E-state index in [1.807, 2.05) is 0 Å². The van der Waals surface area contributed by atoms with Gasteiger partial charge in [0, 0.05) is 0 Å². The van der Waals surface area contributed by atoms with Crippen molar-refractivity contribution in [2.24, 2.45) is 35.5 Å². The molecule has 16 heavy (non-hydrogen) atoms. The Labute approximate surface area is 98.9 Å². The Balaban J connectivity index is 1.75. The number of hydrogen-bond acceptors (Lipinski definition) is 1. The Morgan fingerprint density at radius 1 is 1.12 bits per heavy atom. The summed E-state index contributed by atoms with van der Waals surface area (Å²) in [5, 5.41) is 10.0. The van der Waals surface area contributed by atoms with E-state index in [0.717, 1.165) is 36.0 Å². The summed E-state index contributed by atoms with van der Waals surface area (Å²) in [5.74, 6) is 5.12. The topological polar surface area (TPSA) is 20.2 Å². The molecule has 1 nitrogen and oxygen atoms in total. The molecule has 7 unspecified atom stereocenters. The lowest BCUT2D eigenvalue weighted by molar-refractivity contribution is -0.00893. The van der Waals surface area contributed by atoms with Crippen molar-refractivity contribution in [1.82, 2.24) is 0 Å². The van der Waals surface area contributed by atoms with Gasteiger partial charge in [-0.2, -0.15) is 0 Å². The molecule has 0 radical (unpaired) electrons. The second-order valence-corrected chi connectivity index (χ2v) is 6.52. The maximum absolute atomic E-state index is 10.0. The second kappa shape index (κ2) is 3.87. The molecule has 2 bridgehead atoms. The summed E-state index contributed by atoms with van der Waals surface area (Å²) < 4.78 is 0.